The second kappa shape index (κ2) is 7.96. The first kappa shape index (κ1) is 14.7. The van der Waals surface area contributed by atoms with Crippen molar-refractivity contribution >= 4 is 17.6 Å². The van der Waals surface area contributed by atoms with Crippen LogP contribution in [-0.2, 0) is 4.79 Å². The number of ether oxygens (including phenoxy) is 1. The normalized spacial score (nSPS) is 9.00. The van der Waals surface area contributed by atoms with E-state index in [2.05, 4.69) is 0 Å². The second-order valence-corrected chi connectivity index (χ2v) is 3.58. The molecule has 1 rings (SSSR count). The Bertz CT molecular complexity index is 342. The lowest BCUT2D eigenvalue weighted by Gasteiger charge is -2.09. The van der Waals surface area contributed by atoms with Crippen LogP contribution in [0.4, 0.5) is 0 Å². The molecular formula is C11H16ClNO3. The SMILES string of the molecule is C[NH2+]C.Cc1cc(Cl)ccc1OCC(=O)[O-]. The van der Waals surface area contributed by atoms with Crippen LogP contribution in [-0.4, -0.2) is 26.7 Å². The van der Waals surface area contributed by atoms with Crippen LogP contribution in [0.15, 0.2) is 18.2 Å². The molecule has 0 saturated heterocycles. The molecule has 1 aromatic rings. The van der Waals surface area contributed by atoms with E-state index in [1.807, 2.05) is 19.4 Å². The average Bonchev–Trinajstić information content (AvgIpc) is 2.17. The van der Waals surface area contributed by atoms with Gasteiger partial charge < -0.3 is 20.0 Å². The number of carbonyl (C=O) groups excluding carboxylic acids is 1. The molecule has 4 nitrogen and oxygen atoms in total. The van der Waals surface area contributed by atoms with Crippen LogP contribution in [0, 0.1) is 6.92 Å². The lowest BCUT2D eigenvalue weighted by molar-refractivity contribution is -0.597. The van der Waals surface area contributed by atoms with Crippen LogP contribution in [0.25, 0.3) is 0 Å². The monoisotopic (exact) mass is 245 g/mol. The summed E-state index contributed by atoms with van der Waals surface area (Å²) in [6, 6.07) is 4.96. The topological polar surface area (TPSA) is 66.0 Å². The molecule has 16 heavy (non-hydrogen) atoms. The Morgan fingerprint density at radius 2 is 2.06 bits per heavy atom. The maximum atomic E-state index is 10.1. The molecule has 0 bridgehead atoms. The van der Waals surface area contributed by atoms with E-state index in [0.717, 1.165) is 5.56 Å². The van der Waals surface area contributed by atoms with Gasteiger partial charge in [-0.15, -0.1) is 0 Å². The van der Waals surface area contributed by atoms with E-state index in [1.54, 1.807) is 25.1 Å². The second-order valence-electron chi connectivity index (χ2n) is 3.15. The third kappa shape index (κ3) is 6.27. The molecule has 0 aromatic heterocycles. The first-order valence-electron chi connectivity index (χ1n) is 4.84. The van der Waals surface area contributed by atoms with E-state index < -0.39 is 12.6 Å². The summed E-state index contributed by atoms with van der Waals surface area (Å²) in [5.41, 5.74) is 0.800. The lowest BCUT2D eigenvalue weighted by atomic mass is 10.2. The van der Waals surface area contributed by atoms with Gasteiger partial charge in [-0.1, -0.05) is 11.6 Å². The minimum absolute atomic E-state index is 0.442. The minimum Gasteiger partial charge on any atom is -0.546 e. The van der Waals surface area contributed by atoms with Crippen molar-refractivity contribution in [1.82, 2.24) is 0 Å². The third-order valence-corrected chi connectivity index (χ3v) is 1.72. The molecule has 0 aliphatic heterocycles. The van der Waals surface area contributed by atoms with Gasteiger partial charge >= 0.3 is 0 Å². The number of benzene rings is 1. The van der Waals surface area contributed by atoms with Gasteiger partial charge in [-0.05, 0) is 30.7 Å². The highest BCUT2D eigenvalue weighted by molar-refractivity contribution is 6.30. The Morgan fingerprint density at radius 1 is 1.50 bits per heavy atom. The highest BCUT2D eigenvalue weighted by atomic mass is 35.5. The first-order valence-corrected chi connectivity index (χ1v) is 5.21. The Balaban J connectivity index is 0.000000673. The fourth-order valence-corrected chi connectivity index (χ4v) is 1.14. The predicted octanol–water partition coefficient (Wildman–Crippen LogP) is -0.413. The molecule has 0 spiro atoms. The van der Waals surface area contributed by atoms with Gasteiger partial charge in [-0.25, -0.2) is 0 Å². The molecule has 0 radical (unpaired) electrons. The van der Waals surface area contributed by atoms with Gasteiger partial charge in [0.2, 0.25) is 0 Å². The van der Waals surface area contributed by atoms with Gasteiger partial charge in [0.1, 0.15) is 12.4 Å². The van der Waals surface area contributed by atoms with E-state index >= 15 is 0 Å². The van der Waals surface area contributed by atoms with Crippen LogP contribution in [0.3, 0.4) is 0 Å². The number of quaternary nitrogens is 1. The van der Waals surface area contributed by atoms with Crippen molar-refractivity contribution in [2.75, 3.05) is 20.7 Å². The Morgan fingerprint density at radius 3 is 2.50 bits per heavy atom. The quantitative estimate of drug-likeness (QED) is 0.787. The van der Waals surface area contributed by atoms with Gasteiger partial charge in [-0.2, -0.15) is 0 Å². The molecular weight excluding hydrogens is 230 g/mol. The third-order valence-electron chi connectivity index (χ3n) is 1.48. The fourth-order valence-electron chi connectivity index (χ4n) is 0.911. The van der Waals surface area contributed by atoms with Crippen LogP contribution >= 0.6 is 11.6 Å². The van der Waals surface area contributed by atoms with E-state index in [9.17, 15) is 9.90 Å². The number of nitrogens with two attached hydrogens (primary N) is 1. The van der Waals surface area contributed by atoms with Crippen molar-refractivity contribution in [2.45, 2.75) is 6.92 Å². The summed E-state index contributed by atoms with van der Waals surface area (Å²) in [6.45, 7) is 1.35. The number of carbonyl (C=O) groups is 1. The predicted molar refractivity (Wildman–Crippen MR) is 60.5 cm³/mol. The van der Waals surface area contributed by atoms with Crippen LogP contribution < -0.4 is 15.2 Å². The van der Waals surface area contributed by atoms with Gasteiger partial charge in [0, 0.05) is 5.02 Å². The maximum Gasteiger partial charge on any atom is 0.128 e. The number of carboxylic acid groups (broad SMARTS) is 1. The maximum absolute atomic E-state index is 10.1. The molecule has 1 aromatic carbocycles. The van der Waals surface area contributed by atoms with E-state index in [0.29, 0.717) is 10.8 Å². The Hall–Kier alpha value is -1.26. The lowest BCUT2D eigenvalue weighted by Crippen LogP contribution is -2.74. The number of aryl methyl sites for hydroxylation is 1. The van der Waals surface area contributed by atoms with Crippen molar-refractivity contribution in [3.63, 3.8) is 0 Å². The molecule has 0 heterocycles. The smallest absolute Gasteiger partial charge is 0.128 e. The molecule has 0 amide bonds. The zero-order chi connectivity index (χ0) is 12.6. The van der Waals surface area contributed by atoms with Gasteiger partial charge in [-0.3, -0.25) is 0 Å². The summed E-state index contributed by atoms with van der Waals surface area (Å²) in [4.78, 5) is 10.1. The number of hydrogen-bond donors (Lipinski definition) is 1. The Labute approximate surface area is 100 Å². The molecule has 0 aliphatic rings. The minimum atomic E-state index is -1.24. The molecule has 90 valence electrons. The zero-order valence-corrected chi connectivity index (χ0v) is 10.4. The molecule has 5 heteroatoms. The summed E-state index contributed by atoms with van der Waals surface area (Å²) in [5, 5.41) is 12.7. The number of hydrogen-bond acceptors (Lipinski definition) is 3. The molecule has 0 saturated carbocycles. The fraction of sp³-hybridized carbons (Fsp3) is 0.364. The number of rotatable bonds is 3. The number of aliphatic carboxylic acids is 1. The molecule has 0 unspecified atom stereocenters. The van der Waals surface area contributed by atoms with E-state index in [-0.39, 0.29) is 0 Å². The highest BCUT2D eigenvalue weighted by Gasteiger charge is 1.99. The van der Waals surface area contributed by atoms with Crippen LogP contribution in [0.2, 0.25) is 5.02 Å². The summed E-state index contributed by atoms with van der Waals surface area (Å²) < 4.78 is 4.93. The Kier molecular flexibility index (Phi) is 7.33. The standard InChI is InChI=1S/C9H9ClO3.C2H7N/c1-6-4-7(10)2-3-8(6)13-5-9(11)12;1-3-2/h2-4H,5H2,1H3,(H,11,12);3H,1-2H3. The number of carboxylic acids is 1. The number of halogens is 1. The molecule has 0 fully saturated rings. The van der Waals surface area contributed by atoms with Crippen molar-refractivity contribution in [1.29, 1.82) is 0 Å². The van der Waals surface area contributed by atoms with Crippen LogP contribution in [0.1, 0.15) is 5.56 Å². The van der Waals surface area contributed by atoms with Crippen molar-refractivity contribution in [3.8, 4) is 5.75 Å². The summed E-state index contributed by atoms with van der Waals surface area (Å²) >= 11 is 5.70. The zero-order valence-electron chi connectivity index (χ0n) is 9.62. The van der Waals surface area contributed by atoms with Crippen LogP contribution in [0.5, 0.6) is 5.75 Å². The van der Waals surface area contributed by atoms with E-state index in [4.69, 9.17) is 16.3 Å². The highest BCUT2D eigenvalue weighted by Crippen LogP contribution is 2.21. The summed E-state index contributed by atoms with van der Waals surface area (Å²) in [6.07, 6.45) is 0. The molecule has 2 N–H and O–H groups in total. The molecule has 0 aliphatic carbocycles. The van der Waals surface area contributed by atoms with Crippen molar-refractivity contribution in [3.05, 3.63) is 28.8 Å². The first-order chi connectivity index (χ1) is 7.51. The van der Waals surface area contributed by atoms with Gasteiger partial charge in [0.05, 0.1) is 20.1 Å². The van der Waals surface area contributed by atoms with Crippen molar-refractivity contribution in [2.24, 2.45) is 0 Å². The summed E-state index contributed by atoms with van der Waals surface area (Å²) in [5.74, 6) is -0.733. The van der Waals surface area contributed by atoms with Crippen molar-refractivity contribution < 1.29 is 20.0 Å². The molecule has 0 atom stereocenters. The van der Waals surface area contributed by atoms with Gasteiger partial charge in [0.15, 0.2) is 0 Å². The van der Waals surface area contributed by atoms with E-state index in [1.165, 1.54) is 0 Å². The largest absolute Gasteiger partial charge is 0.546 e. The summed E-state index contributed by atoms with van der Waals surface area (Å²) in [7, 11) is 4.00. The van der Waals surface area contributed by atoms with Gasteiger partial charge in [0.25, 0.3) is 0 Å². The average molecular weight is 246 g/mol.